The molecule has 14 N–H and O–H groups in total. The van der Waals surface area contributed by atoms with Crippen LogP contribution in [0.3, 0.4) is 0 Å². The van der Waals surface area contributed by atoms with Gasteiger partial charge in [-0.2, -0.15) is 0 Å². The second kappa shape index (κ2) is 7.88. The van der Waals surface area contributed by atoms with Gasteiger partial charge in [0.2, 0.25) is 0 Å². The number of rotatable bonds is 10. The smallest absolute Gasteiger partial charge is 0.368 e. The Bertz CT molecular complexity index is 384. The van der Waals surface area contributed by atoms with Gasteiger partial charge in [-0.15, -0.1) is 0 Å². The van der Waals surface area contributed by atoms with E-state index in [-0.39, 0.29) is 0 Å². The van der Waals surface area contributed by atoms with Gasteiger partial charge in [0.25, 0.3) is 0 Å². The molecule has 0 aromatic carbocycles. The molecule has 0 unspecified atom stereocenters. The Labute approximate surface area is 142 Å². The van der Waals surface area contributed by atoms with Crippen LogP contribution in [0, 0.1) is 0 Å². The Morgan fingerprint density at radius 2 is 0.440 bits per heavy atom. The minimum atomic E-state index is -6.10. The Hall–Kier alpha value is 0.541. The van der Waals surface area contributed by atoms with Gasteiger partial charge in [-0.3, -0.25) is 0 Å². The first-order chi connectivity index (χ1) is 10.5. The average molecular weight is 487 g/mol. The largest absolute Gasteiger partial charge is 0.665 e. The molecule has 0 saturated heterocycles. The van der Waals surface area contributed by atoms with Gasteiger partial charge in [0.05, 0.1) is 0 Å². The van der Waals surface area contributed by atoms with Crippen molar-refractivity contribution >= 4 is 54.3 Å². The van der Waals surface area contributed by atoms with Crippen molar-refractivity contribution in [1.29, 1.82) is 0 Å². The highest BCUT2D eigenvalue weighted by Crippen LogP contribution is 2.17. The molecule has 0 saturated carbocycles. The molecule has 0 fully saturated rings. The molecule has 152 valence electrons. The van der Waals surface area contributed by atoms with Gasteiger partial charge in [0, 0.05) is 0 Å². The van der Waals surface area contributed by atoms with E-state index in [2.05, 4.69) is 20.6 Å². The van der Waals surface area contributed by atoms with Crippen molar-refractivity contribution < 1.29 is 87.7 Å². The summed E-state index contributed by atoms with van der Waals surface area (Å²) in [4.78, 5) is 123. The fourth-order valence-electron chi connectivity index (χ4n) is 0.960. The van der Waals surface area contributed by atoms with Crippen molar-refractivity contribution in [3.63, 3.8) is 0 Å². The quantitative estimate of drug-likeness (QED) is 0.127. The van der Waals surface area contributed by atoms with E-state index in [9.17, 15) is 19.2 Å². The van der Waals surface area contributed by atoms with Crippen LogP contribution in [0.25, 0.3) is 0 Å². The summed E-state index contributed by atoms with van der Waals surface area (Å²) < 4.78 is 17.6. The standard InChI is InChI=1S/H14O19Si6/c1-20(2,3)15-22(7,8)17-24(11,12)19-25(13,14)18-23(9,10)16-21(4,5)6/h1-14H. The number of hydrogen-bond acceptors (Lipinski definition) is 19. The van der Waals surface area contributed by atoms with Crippen molar-refractivity contribution in [2.75, 3.05) is 0 Å². The summed E-state index contributed by atoms with van der Waals surface area (Å²) in [5.74, 6) is 0. The van der Waals surface area contributed by atoms with Crippen LogP contribution < -0.4 is 0 Å². The van der Waals surface area contributed by atoms with Gasteiger partial charge in [0.1, 0.15) is 0 Å². The van der Waals surface area contributed by atoms with Gasteiger partial charge in [-0.1, -0.05) is 0 Å². The summed E-state index contributed by atoms with van der Waals surface area (Å²) in [5, 5.41) is 0. The Kier molecular flexibility index (Phi) is 8.05. The molecule has 0 aliphatic heterocycles. The van der Waals surface area contributed by atoms with Crippen molar-refractivity contribution in [2.45, 2.75) is 0 Å². The molecule has 25 heavy (non-hydrogen) atoms. The third-order valence-corrected chi connectivity index (χ3v) is 12.0. The van der Waals surface area contributed by atoms with Gasteiger partial charge in [-0.25, -0.2) is 0 Å². The lowest BCUT2D eigenvalue weighted by atomic mass is 15.5. The fraction of sp³-hybridized carbons (Fsp3) is 0. The maximum Gasteiger partial charge on any atom is 0.665 e. The van der Waals surface area contributed by atoms with E-state index in [1.54, 1.807) is 0 Å². The summed E-state index contributed by atoms with van der Waals surface area (Å²) in [6.45, 7) is 0. The maximum atomic E-state index is 9.17. The zero-order chi connectivity index (χ0) is 20.5. The van der Waals surface area contributed by atoms with Gasteiger partial charge in [0.15, 0.2) is 0 Å². The van der Waals surface area contributed by atoms with E-state index < -0.39 is 54.3 Å². The van der Waals surface area contributed by atoms with E-state index in [4.69, 9.17) is 48.0 Å². The normalized spacial score (nSPS) is 15.6. The highest BCUT2D eigenvalue weighted by atomic mass is 28.6. The predicted molar refractivity (Wildman–Crippen MR) is 71.0 cm³/mol. The lowest BCUT2D eigenvalue weighted by Gasteiger charge is -2.30. The molecule has 0 aliphatic rings. The van der Waals surface area contributed by atoms with Gasteiger partial charge >= 0.3 is 54.3 Å². The molecule has 0 amide bonds. The van der Waals surface area contributed by atoms with E-state index in [1.165, 1.54) is 0 Å². The van der Waals surface area contributed by atoms with Gasteiger partial charge in [-0.05, 0) is 0 Å². The highest BCUT2D eigenvalue weighted by Gasteiger charge is 2.64. The van der Waals surface area contributed by atoms with Crippen LogP contribution in [0.4, 0.5) is 0 Å². The first-order valence-corrected chi connectivity index (χ1v) is 15.5. The van der Waals surface area contributed by atoms with Crippen LogP contribution in [-0.4, -0.2) is 121 Å². The molecule has 0 aromatic rings. The summed E-state index contributed by atoms with van der Waals surface area (Å²) in [5.41, 5.74) is 0. The molecule has 0 spiro atoms. The summed E-state index contributed by atoms with van der Waals surface area (Å²) in [6.07, 6.45) is 0. The minimum absolute atomic E-state index is 3.41. The molecule has 0 bridgehead atoms. The maximum absolute atomic E-state index is 9.17. The average Bonchev–Trinajstić information content (AvgIpc) is 1.97. The molecule has 19 nitrogen and oxygen atoms in total. The van der Waals surface area contributed by atoms with E-state index >= 15 is 0 Å². The van der Waals surface area contributed by atoms with E-state index in [0.717, 1.165) is 0 Å². The topological polar surface area (TPSA) is 329 Å². The minimum Gasteiger partial charge on any atom is -0.368 e. The second-order valence-corrected chi connectivity index (χ2v) is 14.6. The fourth-order valence-corrected chi connectivity index (χ4v) is 10.1. The summed E-state index contributed by atoms with van der Waals surface area (Å²) in [6, 6.07) is 0. The zero-order valence-electron chi connectivity index (χ0n) is 11.3. The molecule has 25 heteroatoms. The molecule has 0 heterocycles. The lowest BCUT2D eigenvalue weighted by Crippen LogP contribution is -2.68. The molecule has 0 aliphatic carbocycles. The van der Waals surface area contributed by atoms with Crippen LogP contribution in [0.2, 0.25) is 0 Å². The Morgan fingerprint density at radius 1 is 0.280 bits per heavy atom. The molecule has 0 rings (SSSR count). The van der Waals surface area contributed by atoms with Crippen LogP contribution >= 0.6 is 0 Å². The van der Waals surface area contributed by atoms with Gasteiger partial charge < -0.3 is 87.7 Å². The van der Waals surface area contributed by atoms with Crippen molar-refractivity contribution in [3.05, 3.63) is 0 Å². The first kappa shape index (κ1) is 25.5. The van der Waals surface area contributed by atoms with Crippen molar-refractivity contribution in [3.8, 4) is 0 Å². The first-order valence-electron chi connectivity index (χ1n) is 5.17. The van der Waals surface area contributed by atoms with Crippen LogP contribution in [0.5, 0.6) is 0 Å². The predicted octanol–water partition coefficient (Wildman–Crippen LogP) is -10.4. The van der Waals surface area contributed by atoms with Crippen molar-refractivity contribution in [2.24, 2.45) is 0 Å². The second-order valence-electron chi connectivity index (χ2n) is 3.85. The van der Waals surface area contributed by atoms with Crippen LogP contribution in [-0.2, 0) is 20.6 Å². The van der Waals surface area contributed by atoms with Crippen LogP contribution in [0.1, 0.15) is 0 Å². The zero-order valence-corrected chi connectivity index (χ0v) is 17.3. The van der Waals surface area contributed by atoms with Crippen LogP contribution in [0.15, 0.2) is 0 Å². The molecular formula is H14O19Si6. The summed E-state index contributed by atoms with van der Waals surface area (Å²) in [7, 11) is -35.4. The Balaban J connectivity index is 5.01. The van der Waals surface area contributed by atoms with E-state index in [1.807, 2.05) is 0 Å². The number of hydrogen-bond donors (Lipinski definition) is 14. The third kappa shape index (κ3) is 13.4. The molecule has 0 aromatic heterocycles. The Morgan fingerprint density at radius 3 is 0.600 bits per heavy atom. The molecule has 0 radical (unpaired) electrons. The van der Waals surface area contributed by atoms with Crippen molar-refractivity contribution in [1.82, 2.24) is 0 Å². The van der Waals surface area contributed by atoms with E-state index in [0.29, 0.717) is 0 Å². The highest BCUT2D eigenvalue weighted by molar-refractivity contribution is 6.77. The molecule has 0 atom stereocenters. The SMILES string of the molecule is O[Si](O)(O)O[Si](O)(O)O[Si](O)(O)O[Si](O)(O)O[Si](O)(O)O[Si](O)(O)O. The summed E-state index contributed by atoms with van der Waals surface area (Å²) >= 11 is 0. The third-order valence-electron chi connectivity index (χ3n) is 1.34. The molecular weight excluding hydrogens is 472 g/mol. The monoisotopic (exact) mass is 486 g/mol. The lowest BCUT2D eigenvalue weighted by molar-refractivity contribution is -0.0214.